The molecule has 0 N–H and O–H groups in total. The fraction of sp³-hybridized carbons (Fsp3) is 0.400. The highest BCUT2D eigenvalue weighted by molar-refractivity contribution is 6.34. The molecule has 0 aliphatic carbocycles. The largest absolute Gasteiger partial charge is 0.426 e. The van der Waals surface area contributed by atoms with Crippen LogP contribution in [0.25, 0.3) is 22.0 Å². The third-order valence-corrected chi connectivity index (χ3v) is 8.22. The molecule has 0 bridgehead atoms. The minimum atomic E-state index is -0.855. The van der Waals surface area contributed by atoms with E-state index in [1.165, 1.54) is 31.2 Å². The zero-order valence-electron chi connectivity index (χ0n) is 24.2. The molecule has 3 heterocycles. The number of piperazine rings is 1. The van der Waals surface area contributed by atoms with Gasteiger partial charge in [-0.3, -0.25) is 9.59 Å². The number of hydrogen-bond donors (Lipinski definition) is 0. The maximum absolute atomic E-state index is 16.6. The van der Waals surface area contributed by atoms with Gasteiger partial charge in [-0.15, -0.1) is 0 Å². The number of nitrogens with zero attached hydrogens (tertiary/aromatic N) is 6. The van der Waals surface area contributed by atoms with E-state index in [0.717, 1.165) is 6.07 Å². The van der Waals surface area contributed by atoms with Crippen molar-refractivity contribution in [1.29, 1.82) is 0 Å². The fourth-order valence-electron chi connectivity index (χ4n) is 5.54. The van der Waals surface area contributed by atoms with Crippen LogP contribution in [0.3, 0.4) is 0 Å². The van der Waals surface area contributed by atoms with E-state index in [0.29, 0.717) is 43.3 Å². The van der Waals surface area contributed by atoms with E-state index < -0.39 is 17.6 Å². The van der Waals surface area contributed by atoms with Gasteiger partial charge in [-0.1, -0.05) is 24.2 Å². The quantitative estimate of drug-likeness (QED) is 0.233. The Morgan fingerprint density at radius 2 is 1.81 bits per heavy atom. The summed E-state index contributed by atoms with van der Waals surface area (Å²) in [7, 11) is 3.98. The van der Waals surface area contributed by atoms with Crippen molar-refractivity contribution in [3.8, 4) is 16.9 Å². The van der Waals surface area contributed by atoms with Gasteiger partial charge in [0.05, 0.1) is 10.6 Å². The van der Waals surface area contributed by atoms with Crippen LogP contribution in [0.2, 0.25) is 5.02 Å². The molecule has 1 aromatic heterocycles. The van der Waals surface area contributed by atoms with Crippen LogP contribution in [0.1, 0.15) is 20.8 Å². The summed E-state index contributed by atoms with van der Waals surface area (Å²) in [5.74, 6) is -1.85. The first-order valence-electron chi connectivity index (χ1n) is 13.7. The number of likely N-dealkylation sites (N-methyl/N-ethyl adjacent to an activating group) is 1. The molecule has 3 aromatic rings. The van der Waals surface area contributed by atoms with Gasteiger partial charge >= 0.3 is 5.97 Å². The van der Waals surface area contributed by atoms with E-state index in [9.17, 15) is 9.59 Å². The van der Waals surface area contributed by atoms with E-state index in [2.05, 4.69) is 16.5 Å². The summed E-state index contributed by atoms with van der Waals surface area (Å²) in [5, 5.41) is 0.261. The number of benzene rings is 2. The molecular weight excluding hydrogens is 566 g/mol. The normalized spacial score (nSPS) is 19.3. The monoisotopic (exact) mass is 598 g/mol. The summed E-state index contributed by atoms with van der Waals surface area (Å²) in [6.07, 6.45) is 1.30. The van der Waals surface area contributed by atoms with Crippen molar-refractivity contribution in [1.82, 2.24) is 19.8 Å². The van der Waals surface area contributed by atoms with Crippen LogP contribution in [0, 0.1) is 11.6 Å². The van der Waals surface area contributed by atoms with E-state index in [4.69, 9.17) is 21.3 Å². The van der Waals surface area contributed by atoms with Crippen LogP contribution >= 0.6 is 11.6 Å². The van der Waals surface area contributed by atoms with Crippen LogP contribution in [0.15, 0.2) is 36.9 Å². The highest BCUT2D eigenvalue weighted by Gasteiger charge is 2.36. The first kappa shape index (κ1) is 29.7. The molecule has 222 valence electrons. The summed E-state index contributed by atoms with van der Waals surface area (Å²) in [6.45, 7) is 10.8. The zero-order chi connectivity index (χ0) is 30.5. The average molecular weight is 599 g/mol. The summed E-state index contributed by atoms with van der Waals surface area (Å²) in [5.41, 5.74) is -0.565. The van der Waals surface area contributed by atoms with Crippen LogP contribution in [-0.2, 0) is 9.59 Å². The Morgan fingerprint density at radius 1 is 1.10 bits per heavy atom. The zero-order valence-corrected chi connectivity index (χ0v) is 25.0. The maximum atomic E-state index is 16.6. The predicted molar refractivity (Wildman–Crippen MR) is 159 cm³/mol. The molecule has 1 amide bonds. The molecule has 2 atom stereocenters. The molecule has 9 nitrogen and oxygen atoms in total. The Morgan fingerprint density at radius 3 is 2.45 bits per heavy atom. The molecule has 42 heavy (non-hydrogen) atoms. The molecule has 2 aromatic carbocycles. The number of carbonyl (C=O) groups excluding carboxylic acids is 2. The Bertz CT molecular complexity index is 1580. The number of rotatable bonds is 6. The third kappa shape index (κ3) is 5.27. The van der Waals surface area contributed by atoms with Crippen molar-refractivity contribution < 1.29 is 23.1 Å². The molecule has 2 aliphatic heterocycles. The molecule has 0 unspecified atom stereocenters. The van der Waals surface area contributed by atoms with E-state index in [1.807, 2.05) is 37.7 Å². The molecule has 2 aliphatic rings. The van der Waals surface area contributed by atoms with Crippen molar-refractivity contribution >= 4 is 46.1 Å². The lowest BCUT2D eigenvalue weighted by Crippen LogP contribution is -2.59. The number of fused-ring (bicyclic) bond motifs is 1. The van der Waals surface area contributed by atoms with E-state index in [1.54, 1.807) is 4.90 Å². The van der Waals surface area contributed by atoms with Crippen molar-refractivity contribution in [2.45, 2.75) is 38.9 Å². The van der Waals surface area contributed by atoms with Crippen LogP contribution in [0.5, 0.6) is 5.75 Å². The number of anilines is 2. The highest BCUT2D eigenvalue weighted by atomic mass is 35.5. The SMILES string of the molecule is C=CC(=O)N1C[C@H](C)N(c2nc(N3CC(N(C)C)C3)nc3c(F)c(-c4c(F)cccc4OC(C)=O)c(Cl)cc23)C[C@H]1C. The van der Waals surface area contributed by atoms with Crippen LogP contribution in [-0.4, -0.2) is 90.0 Å². The lowest BCUT2D eigenvalue weighted by Gasteiger charge is -2.45. The van der Waals surface area contributed by atoms with E-state index in [-0.39, 0.29) is 51.4 Å². The molecule has 5 rings (SSSR count). The Hall–Kier alpha value is -3.83. The minimum absolute atomic E-state index is 0.0378. The molecule has 0 spiro atoms. The molecular formula is C30H33ClF2N6O3. The first-order valence-corrected chi connectivity index (χ1v) is 14.1. The van der Waals surface area contributed by atoms with Gasteiger partial charge in [-0.2, -0.15) is 4.98 Å². The Labute approximate surface area is 248 Å². The van der Waals surface area contributed by atoms with Gasteiger partial charge in [0, 0.05) is 62.2 Å². The summed E-state index contributed by atoms with van der Waals surface area (Å²) in [4.78, 5) is 41.6. The van der Waals surface area contributed by atoms with Gasteiger partial charge in [0.15, 0.2) is 5.82 Å². The second-order valence-electron chi connectivity index (χ2n) is 11.1. The lowest BCUT2D eigenvalue weighted by atomic mass is 10.00. The number of aromatic nitrogens is 2. The standard InChI is InChI=1S/C30H33ClF2N6O3/c1-7-24(41)38-12-17(3)39(13-16(38)2)29-20-11-21(31)25(26-22(32)9-8-10-23(26)42-18(4)40)27(33)28(20)34-30(35-29)37-14-19(15-37)36(5)6/h7-11,16-17,19H,1,12-15H2,2-6H3/t16-,17+/m1/s1. The third-order valence-electron chi connectivity index (χ3n) is 7.92. The van der Waals surface area contributed by atoms with Crippen LogP contribution < -0.4 is 14.5 Å². The fourth-order valence-corrected chi connectivity index (χ4v) is 5.82. The summed E-state index contributed by atoms with van der Waals surface area (Å²) in [6, 6.07) is 5.36. The molecule has 12 heteroatoms. The van der Waals surface area contributed by atoms with Crippen molar-refractivity contribution in [3.05, 3.63) is 53.6 Å². The summed E-state index contributed by atoms with van der Waals surface area (Å²) < 4.78 is 37.1. The molecule has 2 fully saturated rings. The van der Waals surface area contributed by atoms with Crippen LogP contribution in [0.4, 0.5) is 20.5 Å². The topological polar surface area (TPSA) is 82.1 Å². The molecule has 2 saturated heterocycles. The van der Waals surface area contributed by atoms with E-state index >= 15 is 8.78 Å². The average Bonchev–Trinajstić information content (AvgIpc) is 2.89. The van der Waals surface area contributed by atoms with Gasteiger partial charge in [-0.25, -0.2) is 13.8 Å². The van der Waals surface area contributed by atoms with Gasteiger partial charge in [0.1, 0.15) is 22.9 Å². The Balaban J connectivity index is 1.70. The molecule has 0 radical (unpaired) electrons. The van der Waals surface area contributed by atoms with Gasteiger partial charge in [0.2, 0.25) is 11.9 Å². The first-order chi connectivity index (χ1) is 19.9. The second-order valence-corrected chi connectivity index (χ2v) is 11.5. The number of halogens is 3. The van der Waals surface area contributed by atoms with Crippen molar-refractivity contribution in [3.63, 3.8) is 0 Å². The number of esters is 1. The number of ether oxygens (including phenoxy) is 1. The minimum Gasteiger partial charge on any atom is -0.426 e. The number of hydrogen-bond acceptors (Lipinski definition) is 8. The van der Waals surface area contributed by atoms with Gasteiger partial charge in [-0.05, 0) is 52.2 Å². The summed E-state index contributed by atoms with van der Waals surface area (Å²) >= 11 is 6.68. The highest BCUT2D eigenvalue weighted by Crippen LogP contribution is 2.44. The predicted octanol–water partition coefficient (Wildman–Crippen LogP) is 4.52. The lowest BCUT2D eigenvalue weighted by molar-refractivity contribution is -0.132. The smallest absolute Gasteiger partial charge is 0.308 e. The molecule has 0 saturated carbocycles. The maximum Gasteiger partial charge on any atom is 0.308 e. The van der Waals surface area contributed by atoms with Crippen molar-refractivity contribution in [2.75, 3.05) is 50.1 Å². The number of carbonyl (C=O) groups is 2. The van der Waals surface area contributed by atoms with Crippen molar-refractivity contribution in [2.24, 2.45) is 0 Å². The Kier molecular flexibility index (Phi) is 8.08. The van der Waals surface area contributed by atoms with Gasteiger partial charge < -0.3 is 24.3 Å². The number of amides is 1. The van der Waals surface area contributed by atoms with Gasteiger partial charge in [0.25, 0.3) is 0 Å². The second kappa shape index (κ2) is 11.4.